The van der Waals surface area contributed by atoms with Crippen LogP contribution in [0.3, 0.4) is 0 Å². The molecule has 1 heterocycles. The number of carbonyl (C=O) groups is 1. The van der Waals surface area contributed by atoms with Crippen LogP contribution in [-0.4, -0.2) is 34.7 Å². The van der Waals surface area contributed by atoms with Crippen molar-refractivity contribution in [3.63, 3.8) is 0 Å². The Morgan fingerprint density at radius 2 is 2.24 bits per heavy atom. The van der Waals surface area contributed by atoms with Crippen LogP contribution in [0, 0.1) is 5.82 Å². The van der Waals surface area contributed by atoms with Crippen LogP contribution in [0.1, 0.15) is 22.3 Å². The lowest BCUT2D eigenvalue weighted by Crippen LogP contribution is -2.30. The summed E-state index contributed by atoms with van der Waals surface area (Å²) < 4.78 is 18.7. The second-order valence-corrected chi connectivity index (χ2v) is 5.71. The van der Waals surface area contributed by atoms with Crippen LogP contribution in [-0.2, 0) is 6.54 Å². The van der Waals surface area contributed by atoms with E-state index < -0.39 is 5.82 Å². The highest BCUT2D eigenvalue weighted by molar-refractivity contribution is 7.17. The van der Waals surface area contributed by atoms with Crippen LogP contribution in [0.15, 0.2) is 18.2 Å². The molecule has 1 aromatic heterocycles. The molecule has 1 amide bonds. The largest absolute Gasteiger partial charge is 0.494 e. The van der Waals surface area contributed by atoms with Gasteiger partial charge in [-0.25, -0.2) is 4.39 Å². The van der Waals surface area contributed by atoms with Crippen molar-refractivity contribution in [1.29, 1.82) is 0 Å². The first kappa shape index (κ1) is 15.7. The first-order chi connectivity index (χ1) is 10.0. The summed E-state index contributed by atoms with van der Waals surface area (Å²) >= 11 is 6.69. The quantitative estimate of drug-likeness (QED) is 0.846. The third-order valence-electron chi connectivity index (χ3n) is 2.84. The van der Waals surface area contributed by atoms with E-state index in [4.69, 9.17) is 16.3 Å². The molecule has 0 unspecified atom stereocenters. The Morgan fingerprint density at radius 3 is 2.76 bits per heavy atom. The average Bonchev–Trinajstić information content (AvgIpc) is 2.91. The van der Waals surface area contributed by atoms with Gasteiger partial charge in [0.05, 0.1) is 7.11 Å². The van der Waals surface area contributed by atoms with E-state index >= 15 is 0 Å². The summed E-state index contributed by atoms with van der Waals surface area (Å²) in [5, 5.41) is 7.55. The van der Waals surface area contributed by atoms with Crippen molar-refractivity contribution in [2.45, 2.75) is 13.5 Å². The fraction of sp³-hybridized carbons (Fsp3) is 0.308. The number of rotatable bonds is 5. The highest BCUT2D eigenvalue weighted by Crippen LogP contribution is 2.21. The Morgan fingerprint density at radius 1 is 1.48 bits per heavy atom. The van der Waals surface area contributed by atoms with Gasteiger partial charge < -0.3 is 9.64 Å². The molecule has 2 aromatic rings. The number of carbonyl (C=O) groups excluding carboxylic acids is 1. The SMILES string of the molecule is CCN(Cc1ccc(OC)c(F)c1)C(=O)c1nnc(Cl)s1. The lowest BCUT2D eigenvalue weighted by Gasteiger charge is -2.19. The summed E-state index contributed by atoms with van der Waals surface area (Å²) in [5.74, 6) is -0.570. The van der Waals surface area contributed by atoms with Gasteiger partial charge in [0.1, 0.15) is 0 Å². The molecule has 2 rings (SSSR count). The Bertz CT molecular complexity index is 650. The zero-order valence-corrected chi connectivity index (χ0v) is 13.0. The maximum atomic E-state index is 13.7. The van der Waals surface area contributed by atoms with Crippen molar-refractivity contribution in [2.24, 2.45) is 0 Å². The molecule has 0 N–H and O–H groups in total. The summed E-state index contributed by atoms with van der Waals surface area (Å²) in [6.45, 7) is 2.57. The number of hydrogen-bond acceptors (Lipinski definition) is 5. The summed E-state index contributed by atoms with van der Waals surface area (Å²) in [6.07, 6.45) is 0. The van der Waals surface area contributed by atoms with Gasteiger partial charge in [-0.15, -0.1) is 10.2 Å². The van der Waals surface area contributed by atoms with Gasteiger partial charge in [-0.2, -0.15) is 0 Å². The monoisotopic (exact) mass is 329 g/mol. The molecule has 0 aliphatic carbocycles. The molecule has 0 saturated heterocycles. The molecular weight excluding hydrogens is 317 g/mol. The summed E-state index contributed by atoms with van der Waals surface area (Å²) in [4.78, 5) is 13.8. The third kappa shape index (κ3) is 3.68. The van der Waals surface area contributed by atoms with Crippen molar-refractivity contribution in [2.75, 3.05) is 13.7 Å². The van der Waals surface area contributed by atoms with Gasteiger partial charge >= 0.3 is 0 Å². The van der Waals surface area contributed by atoms with Crippen LogP contribution in [0.2, 0.25) is 4.47 Å². The van der Waals surface area contributed by atoms with Crippen LogP contribution in [0.25, 0.3) is 0 Å². The first-order valence-electron chi connectivity index (χ1n) is 6.15. The van der Waals surface area contributed by atoms with Crippen molar-refractivity contribution in [3.05, 3.63) is 39.1 Å². The molecule has 21 heavy (non-hydrogen) atoms. The standard InChI is InChI=1S/C13H13ClFN3O2S/c1-3-18(12(19)11-16-17-13(14)21-11)7-8-4-5-10(20-2)9(15)6-8/h4-6H,3,7H2,1-2H3. The zero-order valence-electron chi connectivity index (χ0n) is 11.5. The summed E-state index contributed by atoms with van der Waals surface area (Å²) in [6, 6.07) is 4.59. The van der Waals surface area contributed by atoms with Gasteiger partial charge in [0.25, 0.3) is 5.91 Å². The van der Waals surface area contributed by atoms with Gasteiger partial charge in [-0.3, -0.25) is 4.79 Å². The topological polar surface area (TPSA) is 55.3 Å². The number of aromatic nitrogens is 2. The van der Waals surface area contributed by atoms with Crippen LogP contribution in [0.5, 0.6) is 5.75 Å². The number of nitrogens with zero attached hydrogens (tertiary/aromatic N) is 3. The average molecular weight is 330 g/mol. The highest BCUT2D eigenvalue weighted by atomic mass is 35.5. The molecule has 0 aliphatic heterocycles. The Balaban J connectivity index is 2.15. The Kier molecular flexibility index (Phi) is 5.08. The Labute approximate surface area is 130 Å². The van der Waals surface area contributed by atoms with E-state index in [-0.39, 0.29) is 27.7 Å². The van der Waals surface area contributed by atoms with E-state index in [1.165, 1.54) is 24.1 Å². The molecule has 0 saturated carbocycles. The maximum Gasteiger partial charge on any atom is 0.285 e. The number of halogens is 2. The van der Waals surface area contributed by atoms with E-state index in [0.29, 0.717) is 12.1 Å². The number of hydrogen-bond donors (Lipinski definition) is 0. The minimum atomic E-state index is -0.461. The van der Waals surface area contributed by atoms with Crippen LogP contribution >= 0.6 is 22.9 Å². The fourth-order valence-electron chi connectivity index (χ4n) is 1.78. The molecule has 112 valence electrons. The number of benzene rings is 1. The number of amides is 1. The first-order valence-corrected chi connectivity index (χ1v) is 7.35. The van der Waals surface area contributed by atoms with Gasteiger partial charge in [0.2, 0.25) is 9.47 Å². The minimum absolute atomic E-state index is 0.170. The number of methoxy groups -OCH3 is 1. The third-order valence-corrected chi connectivity index (χ3v) is 3.85. The van der Waals surface area contributed by atoms with E-state index in [1.54, 1.807) is 6.07 Å². The fourth-order valence-corrected chi connectivity index (χ4v) is 2.58. The van der Waals surface area contributed by atoms with Crippen LogP contribution in [0.4, 0.5) is 4.39 Å². The van der Waals surface area contributed by atoms with E-state index in [0.717, 1.165) is 11.3 Å². The van der Waals surface area contributed by atoms with E-state index in [1.807, 2.05) is 6.92 Å². The number of ether oxygens (including phenoxy) is 1. The molecule has 0 spiro atoms. The lowest BCUT2D eigenvalue weighted by molar-refractivity contribution is 0.0751. The molecule has 5 nitrogen and oxygen atoms in total. The molecule has 8 heteroatoms. The molecule has 0 atom stereocenters. The molecule has 0 bridgehead atoms. The lowest BCUT2D eigenvalue weighted by atomic mass is 10.2. The molecule has 0 fully saturated rings. The maximum absolute atomic E-state index is 13.7. The van der Waals surface area contributed by atoms with E-state index in [2.05, 4.69) is 10.2 Å². The van der Waals surface area contributed by atoms with Crippen molar-refractivity contribution >= 4 is 28.8 Å². The Hall–Kier alpha value is -1.73. The second kappa shape index (κ2) is 6.82. The predicted molar refractivity (Wildman–Crippen MR) is 78.3 cm³/mol. The summed E-state index contributed by atoms with van der Waals surface area (Å²) in [7, 11) is 1.40. The van der Waals surface area contributed by atoms with Gasteiger partial charge in [-0.1, -0.05) is 17.4 Å². The highest BCUT2D eigenvalue weighted by Gasteiger charge is 2.19. The van der Waals surface area contributed by atoms with Gasteiger partial charge in [0.15, 0.2) is 11.6 Å². The van der Waals surface area contributed by atoms with Gasteiger partial charge in [0, 0.05) is 13.1 Å². The molecule has 0 radical (unpaired) electrons. The van der Waals surface area contributed by atoms with Crippen molar-refractivity contribution in [1.82, 2.24) is 15.1 Å². The van der Waals surface area contributed by atoms with Gasteiger partial charge in [-0.05, 0) is 36.2 Å². The minimum Gasteiger partial charge on any atom is -0.494 e. The zero-order chi connectivity index (χ0) is 15.4. The van der Waals surface area contributed by atoms with Crippen LogP contribution < -0.4 is 4.74 Å². The smallest absolute Gasteiger partial charge is 0.285 e. The molecular formula is C13H13ClFN3O2S. The normalized spacial score (nSPS) is 10.5. The second-order valence-electron chi connectivity index (χ2n) is 4.15. The molecule has 0 aliphatic rings. The van der Waals surface area contributed by atoms with E-state index in [9.17, 15) is 9.18 Å². The van der Waals surface area contributed by atoms with Crippen molar-refractivity contribution < 1.29 is 13.9 Å². The molecule has 1 aromatic carbocycles. The van der Waals surface area contributed by atoms with Crippen molar-refractivity contribution in [3.8, 4) is 5.75 Å². The predicted octanol–water partition coefficient (Wildman–Crippen LogP) is 3.00. The summed E-state index contributed by atoms with van der Waals surface area (Å²) in [5.41, 5.74) is 0.666.